The Hall–Kier alpha value is -4.97. The number of aryl methyl sites for hydroxylation is 2. The quantitative estimate of drug-likeness (QED) is 0.234. The molecular formula is C35H33F4N3O5. The highest BCUT2D eigenvalue weighted by atomic mass is 19.4. The molecule has 246 valence electrons. The van der Waals surface area contributed by atoms with Crippen molar-refractivity contribution in [2.45, 2.75) is 44.9 Å². The number of hydrogen-bond donors (Lipinski definition) is 2. The van der Waals surface area contributed by atoms with Crippen molar-refractivity contribution in [3.05, 3.63) is 116 Å². The van der Waals surface area contributed by atoms with Gasteiger partial charge in [0.1, 0.15) is 23.4 Å². The number of pyridine rings is 1. The minimum Gasteiger partial charge on any atom is -0.481 e. The molecule has 1 aliphatic heterocycles. The Morgan fingerprint density at radius 1 is 1.02 bits per heavy atom. The summed E-state index contributed by atoms with van der Waals surface area (Å²) in [5, 5.41) is 12.4. The number of likely N-dealkylation sites (N-methyl/N-ethyl adjacent to an activating group) is 1. The maximum Gasteiger partial charge on any atom is 0.416 e. The summed E-state index contributed by atoms with van der Waals surface area (Å²) in [5.41, 5.74) is -0.274. The number of carbonyl (C=O) groups excluding carboxylic acids is 1. The summed E-state index contributed by atoms with van der Waals surface area (Å²) in [6.45, 7) is 3.57. The number of nitrogens with zero attached hydrogens (tertiary/aromatic N) is 2. The van der Waals surface area contributed by atoms with Gasteiger partial charge in [-0.2, -0.15) is 13.2 Å². The number of halogens is 4. The van der Waals surface area contributed by atoms with Crippen LogP contribution in [0.2, 0.25) is 0 Å². The van der Waals surface area contributed by atoms with Crippen LogP contribution in [0.3, 0.4) is 0 Å². The zero-order valence-electron chi connectivity index (χ0n) is 26.1. The Balaban J connectivity index is 1.79. The number of aromatic nitrogens is 1. The molecule has 0 radical (unpaired) electrons. The second kappa shape index (κ2) is 13.0. The van der Waals surface area contributed by atoms with E-state index in [0.717, 1.165) is 16.3 Å². The van der Waals surface area contributed by atoms with Crippen LogP contribution in [0.4, 0.5) is 17.6 Å². The second-order valence-electron chi connectivity index (χ2n) is 11.9. The van der Waals surface area contributed by atoms with E-state index < -0.39 is 53.5 Å². The van der Waals surface area contributed by atoms with Gasteiger partial charge in [-0.15, -0.1) is 0 Å². The minimum absolute atomic E-state index is 0.0886. The van der Waals surface area contributed by atoms with Crippen LogP contribution in [0, 0.1) is 19.7 Å². The molecule has 4 aromatic rings. The van der Waals surface area contributed by atoms with E-state index in [1.807, 2.05) is 13.0 Å². The third-order valence-electron chi connectivity index (χ3n) is 8.10. The largest absolute Gasteiger partial charge is 0.481 e. The first kappa shape index (κ1) is 33.4. The summed E-state index contributed by atoms with van der Waals surface area (Å²) in [7, 11) is 3.38. The lowest BCUT2D eigenvalue weighted by Crippen LogP contribution is -2.41. The number of benzene rings is 3. The predicted octanol–water partition coefficient (Wildman–Crippen LogP) is 6.42. The van der Waals surface area contributed by atoms with Gasteiger partial charge in [-0.25, -0.2) is 4.39 Å². The van der Waals surface area contributed by atoms with Crippen molar-refractivity contribution in [2.24, 2.45) is 0 Å². The standard InChI is InChI=1S/C35H33F4N3O5/c1-19-7-5-10-28-31(19)23-13-20(2)32(36)25(15-23)27(17-30(44)45)40-34(46)33(21-8-6-9-24(14-21)47-28)42-18-22(11-12-41(3)4)26(16-29(42)43)35(37,38)39/h5-10,13-16,18,27,33H,11-12,17H2,1-4H3,(H,40,46)(H,44,45)/t27-,33+/m0/s1. The molecule has 0 spiro atoms. The Kier molecular flexibility index (Phi) is 9.26. The van der Waals surface area contributed by atoms with E-state index >= 15 is 4.39 Å². The minimum atomic E-state index is -4.83. The Morgan fingerprint density at radius 2 is 1.74 bits per heavy atom. The first-order valence-electron chi connectivity index (χ1n) is 14.8. The van der Waals surface area contributed by atoms with Gasteiger partial charge in [-0.1, -0.05) is 24.3 Å². The fraction of sp³-hybridized carbons (Fsp3) is 0.286. The molecule has 1 aliphatic rings. The molecule has 0 saturated carbocycles. The van der Waals surface area contributed by atoms with E-state index in [4.69, 9.17) is 4.74 Å². The average molecular weight is 652 g/mol. The lowest BCUT2D eigenvalue weighted by Gasteiger charge is -2.26. The molecule has 0 unspecified atom stereocenters. The van der Waals surface area contributed by atoms with Crippen LogP contribution < -0.4 is 15.6 Å². The van der Waals surface area contributed by atoms with Crippen molar-refractivity contribution in [1.29, 1.82) is 0 Å². The second-order valence-corrected chi connectivity index (χ2v) is 11.9. The van der Waals surface area contributed by atoms with Crippen molar-refractivity contribution < 1.29 is 37.0 Å². The number of carbonyl (C=O) groups is 2. The van der Waals surface area contributed by atoms with Crippen molar-refractivity contribution in [3.8, 4) is 22.6 Å². The Bertz CT molecular complexity index is 1920. The van der Waals surface area contributed by atoms with Gasteiger partial charge in [-0.3, -0.25) is 19.0 Å². The van der Waals surface area contributed by atoms with Gasteiger partial charge in [0.2, 0.25) is 5.91 Å². The number of ether oxygens (including phenoxy) is 1. The number of nitrogens with one attached hydrogen (secondary N) is 1. The van der Waals surface area contributed by atoms with Crippen LogP contribution in [-0.4, -0.2) is 47.1 Å². The molecule has 4 bridgehead atoms. The Labute approximate surface area is 268 Å². The van der Waals surface area contributed by atoms with E-state index in [1.165, 1.54) is 25.1 Å². The third kappa shape index (κ3) is 7.07. The van der Waals surface area contributed by atoms with Crippen molar-refractivity contribution in [1.82, 2.24) is 14.8 Å². The summed E-state index contributed by atoms with van der Waals surface area (Å²) in [4.78, 5) is 41.4. The molecule has 12 heteroatoms. The molecule has 2 atom stereocenters. The molecule has 5 rings (SSSR count). The molecule has 0 aliphatic carbocycles. The van der Waals surface area contributed by atoms with E-state index in [0.29, 0.717) is 22.9 Å². The van der Waals surface area contributed by atoms with Gasteiger partial charge >= 0.3 is 12.1 Å². The van der Waals surface area contributed by atoms with Crippen molar-refractivity contribution in [3.63, 3.8) is 0 Å². The molecule has 3 aromatic carbocycles. The van der Waals surface area contributed by atoms with Gasteiger partial charge in [0, 0.05) is 29.9 Å². The molecule has 2 N–H and O–H groups in total. The fourth-order valence-electron chi connectivity index (χ4n) is 5.87. The molecule has 1 aromatic heterocycles. The van der Waals surface area contributed by atoms with Crippen LogP contribution in [0.25, 0.3) is 11.1 Å². The number of rotatable bonds is 6. The van der Waals surface area contributed by atoms with Crippen molar-refractivity contribution >= 4 is 11.9 Å². The highest BCUT2D eigenvalue weighted by Gasteiger charge is 2.36. The molecule has 47 heavy (non-hydrogen) atoms. The van der Waals surface area contributed by atoms with E-state index in [-0.39, 0.29) is 41.0 Å². The smallest absolute Gasteiger partial charge is 0.416 e. The first-order chi connectivity index (χ1) is 22.1. The number of alkyl halides is 3. The van der Waals surface area contributed by atoms with E-state index in [2.05, 4.69) is 5.32 Å². The maximum absolute atomic E-state index is 15.8. The first-order valence-corrected chi connectivity index (χ1v) is 14.8. The third-order valence-corrected chi connectivity index (χ3v) is 8.10. The number of carboxylic acids is 1. The summed E-state index contributed by atoms with van der Waals surface area (Å²) in [6, 6.07) is 12.0. The summed E-state index contributed by atoms with van der Waals surface area (Å²) in [5.74, 6) is -2.34. The zero-order valence-corrected chi connectivity index (χ0v) is 26.1. The lowest BCUT2D eigenvalue weighted by atomic mass is 9.92. The van der Waals surface area contributed by atoms with Crippen LogP contribution >= 0.6 is 0 Å². The fourth-order valence-corrected chi connectivity index (χ4v) is 5.87. The van der Waals surface area contributed by atoms with E-state index in [1.54, 1.807) is 49.3 Å². The van der Waals surface area contributed by atoms with Crippen LogP contribution in [0.5, 0.6) is 11.5 Å². The normalized spacial score (nSPS) is 16.3. The summed E-state index contributed by atoms with van der Waals surface area (Å²) >= 11 is 0. The molecule has 0 fully saturated rings. The number of amides is 1. The molecule has 0 saturated heterocycles. The average Bonchev–Trinajstić information content (AvgIpc) is 2.98. The van der Waals surface area contributed by atoms with Gasteiger partial charge in [0.05, 0.1) is 18.0 Å². The highest BCUT2D eigenvalue weighted by molar-refractivity contribution is 5.85. The lowest BCUT2D eigenvalue weighted by molar-refractivity contribution is -0.139. The monoisotopic (exact) mass is 651 g/mol. The SMILES string of the molecule is Cc1cc2cc(c1F)[C@H](CC(=O)O)NC(=O)[C@H](n1cc(CCN(C)C)c(C(F)(F)F)cc1=O)c1cccc(c1)Oc1cccc(C)c1-2. The number of carboxylic acid groups (broad SMARTS) is 1. The summed E-state index contributed by atoms with van der Waals surface area (Å²) < 4.78 is 65.2. The van der Waals surface area contributed by atoms with Gasteiger partial charge in [0.25, 0.3) is 5.56 Å². The summed E-state index contributed by atoms with van der Waals surface area (Å²) in [6.07, 6.45) is -4.62. The molecule has 1 amide bonds. The predicted molar refractivity (Wildman–Crippen MR) is 167 cm³/mol. The highest BCUT2D eigenvalue weighted by Crippen LogP contribution is 2.40. The van der Waals surface area contributed by atoms with Gasteiger partial charge in [-0.05, 0) is 92.5 Å². The molecule has 2 heterocycles. The molecule has 8 nitrogen and oxygen atoms in total. The number of fused-ring (bicyclic) bond motifs is 6. The van der Waals surface area contributed by atoms with Gasteiger partial charge < -0.3 is 20.1 Å². The Morgan fingerprint density at radius 3 is 2.43 bits per heavy atom. The maximum atomic E-state index is 15.8. The number of hydrogen-bond acceptors (Lipinski definition) is 5. The molecular weight excluding hydrogens is 618 g/mol. The number of aliphatic carboxylic acids is 1. The van der Waals surface area contributed by atoms with Crippen LogP contribution in [-0.2, 0) is 22.2 Å². The van der Waals surface area contributed by atoms with Gasteiger partial charge in [0.15, 0.2) is 0 Å². The zero-order chi connectivity index (χ0) is 34.2. The van der Waals surface area contributed by atoms with Crippen LogP contribution in [0.1, 0.15) is 51.9 Å². The van der Waals surface area contributed by atoms with Crippen LogP contribution in [0.15, 0.2) is 71.7 Å². The van der Waals surface area contributed by atoms with E-state index in [9.17, 15) is 32.7 Å². The topological polar surface area (TPSA) is 101 Å². The van der Waals surface area contributed by atoms with Crippen molar-refractivity contribution in [2.75, 3.05) is 20.6 Å².